The molecule has 2 heterocycles. The molecule has 1 atom stereocenters. The highest BCUT2D eigenvalue weighted by Gasteiger charge is 2.23. The lowest BCUT2D eigenvalue weighted by molar-refractivity contribution is -0.115. The summed E-state index contributed by atoms with van der Waals surface area (Å²) in [5.41, 5.74) is 1.18. The maximum absolute atomic E-state index is 12.6. The van der Waals surface area contributed by atoms with E-state index in [1.165, 1.54) is 18.7 Å². The van der Waals surface area contributed by atoms with Crippen molar-refractivity contribution in [1.82, 2.24) is 14.8 Å². The minimum absolute atomic E-state index is 0.0368. The first-order valence-corrected chi connectivity index (χ1v) is 10.2. The highest BCUT2D eigenvalue weighted by Crippen LogP contribution is 2.27. The molecule has 1 N–H and O–H groups in total. The molecule has 28 heavy (non-hydrogen) atoms. The molecule has 1 aliphatic rings. The highest BCUT2D eigenvalue weighted by molar-refractivity contribution is 8.00. The van der Waals surface area contributed by atoms with Crippen LogP contribution in [0.2, 0.25) is 0 Å². The van der Waals surface area contributed by atoms with Crippen LogP contribution in [0.15, 0.2) is 29.4 Å². The quantitative estimate of drug-likeness (QED) is 0.561. The SMILES string of the molecule is CCn1c(S[C@@H](C)C(=O)Nc2cccc(C(C)=O)c2)nnc1N1CCOCC1. The van der Waals surface area contributed by atoms with Crippen LogP contribution < -0.4 is 10.2 Å². The predicted octanol–water partition coefficient (Wildman–Crippen LogP) is 2.46. The van der Waals surface area contributed by atoms with Gasteiger partial charge in [-0.25, -0.2) is 0 Å². The summed E-state index contributed by atoms with van der Waals surface area (Å²) >= 11 is 1.37. The molecule has 1 aromatic carbocycles. The van der Waals surface area contributed by atoms with E-state index in [4.69, 9.17) is 4.74 Å². The van der Waals surface area contributed by atoms with Crippen LogP contribution in [-0.2, 0) is 16.1 Å². The van der Waals surface area contributed by atoms with Crippen molar-refractivity contribution >= 4 is 35.1 Å². The summed E-state index contributed by atoms with van der Waals surface area (Å²) in [4.78, 5) is 26.3. The van der Waals surface area contributed by atoms with Crippen molar-refractivity contribution in [1.29, 1.82) is 0 Å². The molecule has 0 bridgehead atoms. The number of thioether (sulfide) groups is 1. The van der Waals surface area contributed by atoms with E-state index in [0.29, 0.717) is 29.6 Å². The third kappa shape index (κ3) is 4.71. The van der Waals surface area contributed by atoms with Crippen LogP contribution in [0, 0.1) is 0 Å². The van der Waals surface area contributed by atoms with E-state index in [0.717, 1.165) is 25.6 Å². The van der Waals surface area contributed by atoms with Gasteiger partial charge in [-0.1, -0.05) is 23.9 Å². The van der Waals surface area contributed by atoms with Gasteiger partial charge in [0.05, 0.1) is 18.5 Å². The average molecular weight is 404 g/mol. The summed E-state index contributed by atoms with van der Waals surface area (Å²) in [7, 11) is 0. The second kappa shape index (κ2) is 9.20. The summed E-state index contributed by atoms with van der Waals surface area (Å²) < 4.78 is 7.42. The molecular formula is C19H25N5O3S. The fraction of sp³-hybridized carbons (Fsp3) is 0.474. The van der Waals surface area contributed by atoms with Crippen LogP contribution in [0.5, 0.6) is 0 Å². The van der Waals surface area contributed by atoms with Crippen molar-refractivity contribution in [2.24, 2.45) is 0 Å². The number of carbonyl (C=O) groups is 2. The van der Waals surface area contributed by atoms with Crippen LogP contribution in [0.25, 0.3) is 0 Å². The number of ketones is 1. The molecule has 1 aliphatic heterocycles. The van der Waals surface area contributed by atoms with Gasteiger partial charge < -0.3 is 15.0 Å². The first-order valence-electron chi connectivity index (χ1n) is 9.34. The Morgan fingerprint density at radius 1 is 1.29 bits per heavy atom. The topological polar surface area (TPSA) is 89.3 Å². The fourth-order valence-electron chi connectivity index (χ4n) is 2.91. The van der Waals surface area contributed by atoms with Gasteiger partial charge >= 0.3 is 0 Å². The zero-order valence-electron chi connectivity index (χ0n) is 16.3. The van der Waals surface area contributed by atoms with Crippen molar-refractivity contribution in [3.8, 4) is 0 Å². The zero-order chi connectivity index (χ0) is 20.1. The van der Waals surface area contributed by atoms with Gasteiger partial charge in [0, 0.05) is 30.9 Å². The molecule has 150 valence electrons. The molecular weight excluding hydrogens is 378 g/mol. The second-order valence-corrected chi connectivity index (χ2v) is 7.82. The Balaban J connectivity index is 1.67. The van der Waals surface area contributed by atoms with Crippen LogP contribution in [0.3, 0.4) is 0 Å². The molecule has 0 aliphatic carbocycles. The van der Waals surface area contributed by atoms with Gasteiger partial charge in [-0.05, 0) is 32.9 Å². The van der Waals surface area contributed by atoms with Crippen LogP contribution in [-0.4, -0.2) is 58.0 Å². The lowest BCUT2D eigenvalue weighted by atomic mass is 10.1. The fourth-order valence-corrected chi connectivity index (χ4v) is 3.82. The maximum atomic E-state index is 12.6. The second-order valence-electron chi connectivity index (χ2n) is 6.51. The van der Waals surface area contributed by atoms with Crippen molar-refractivity contribution in [2.45, 2.75) is 37.7 Å². The molecule has 8 nitrogen and oxygen atoms in total. The van der Waals surface area contributed by atoms with Gasteiger partial charge in [0.15, 0.2) is 10.9 Å². The van der Waals surface area contributed by atoms with E-state index in [2.05, 4.69) is 20.4 Å². The molecule has 0 spiro atoms. The van der Waals surface area contributed by atoms with Crippen LogP contribution in [0.4, 0.5) is 11.6 Å². The minimum Gasteiger partial charge on any atom is -0.378 e. The number of hydrogen-bond acceptors (Lipinski definition) is 7. The summed E-state index contributed by atoms with van der Waals surface area (Å²) in [6.45, 7) is 9.01. The number of Topliss-reactive ketones (excluding diaryl/α,β-unsaturated/α-hetero) is 1. The van der Waals surface area contributed by atoms with E-state index in [-0.39, 0.29) is 16.9 Å². The lowest BCUT2D eigenvalue weighted by Gasteiger charge is -2.27. The van der Waals surface area contributed by atoms with Gasteiger partial charge in [0.1, 0.15) is 0 Å². The number of anilines is 2. The summed E-state index contributed by atoms with van der Waals surface area (Å²) in [5, 5.41) is 11.8. The molecule has 0 unspecified atom stereocenters. The summed E-state index contributed by atoms with van der Waals surface area (Å²) in [6, 6.07) is 6.94. The molecule has 1 fully saturated rings. The first-order chi connectivity index (χ1) is 13.5. The van der Waals surface area contributed by atoms with Crippen molar-refractivity contribution < 1.29 is 14.3 Å². The number of nitrogens with one attached hydrogen (secondary N) is 1. The first kappa shape index (κ1) is 20.3. The molecule has 3 rings (SSSR count). The third-order valence-electron chi connectivity index (χ3n) is 4.50. The number of aromatic nitrogens is 3. The number of carbonyl (C=O) groups excluding carboxylic acids is 2. The Bertz CT molecular complexity index is 848. The van der Waals surface area contributed by atoms with E-state index >= 15 is 0 Å². The zero-order valence-corrected chi connectivity index (χ0v) is 17.2. The smallest absolute Gasteiger partial charge is 0.237 e. The number of amides is 1. The monoisotopic (exact) mass is 403 g/mol. The standard InChI is InChI=1S/C19H25N5O3S/c1-4-24-18(23-8-10-27-11-9-23)21-22-19(24)28-14(3)17(26)20-16-7-5-6-15(12-16)13(2)25/h5-7,12,14H,4,8-11H2,1-3H3,(H,20,26)/t14-/m0/s1. The number of nitrogens with zero attached hydrogens (tertiary/aromatic N) is 4. The van der Waals surface area contributed by atoms with Crippen LogP contribution >= 0.6 is 11.8 Å². The molecule has 2 aromatic rings. The number of benzene rings is 1. The van der Waals surface area contributed by atoms with Gasteiger partial charge in [-0.15, -0.1) is 10.2 Å². The Kier molecular flexibility index (Phi) is 6.69. The average Bonchev–Trinajstić information content (AvgIpc) is 3.11. The van der Waals surface area contributed by atoms with Crippen molar-refractivity contribution in [3.63, 3.8) is 0 Å². The highest BCUT2D eigenvalue weighted by atomic mass is 32.2. The molecule has 9 heteroatoms. The van der Waals surface area contributed by atoms with E-state index < -0.39 is 0 Å². The number of hydrogen-bond donors (Lipinski definition) is 1. The van der Waals surface area contributed by atoms with Crippen molar-refractivity contribution in [2.75, 3.05) is 36.5 Å². The molecule has 1 aromatic heterocycles. The van der Waals surface area contributed by atoms with Crippen molar-refractivity contribution in [3.05, 3.63) is 29.8 Å². The summed E-state index contributed by atoms with van der Waals surface area (Å²) in [5.74, 6) is 0.629. The third-order valence-corrected chi connectivity index (χ3v) is 5.58. The molecule has 1 saturated heterocycles. The molecule has 0 radical (unpaired) electrons. The largest absolute Gasteiger partial charge is 0.378 e. The van der Waals surface area contributed by atoms with Gasteiger partial charge in [-0.3, -0.25) is 14.2 Å². The van der Waals surface area contributed by atoms with Crippen LogP contribution in [0.1, 0.15) is 31.1 Å². The summed E-state index contributed by atoms with van der Waals surface area (Å²) in [6.07, 6.45) is 0. The van der Waals surface area contributed by atoms with Gasteiger partial charge in [0.25, 0.3) is 0 Å². The molecule has 0 saturated carbocycles. The predicted molar refractivity (Wildman–Crippen MR) is 109 cm³/mol. The number of ether oxygens (including phenoxy) is 1. The Labute approximate surface area is 168 Å². The van der Waals surface area contributed by atoms with Gasteiger partial charge in [-0.2, -0.15) is 0 Å². The Morgan fingerprint density at radius 3 is 2.71 bits per heavy atom. The maximum Gasteiger partial charge on any atom is 0.237 e. The Hall–Kier alpha value is -2.39. The molecule has 1 amide bonds. The Morgan fingerprint density at radius 2 is 2.04 bits per heavy atom. The lowest BCUT2D eigenvalue weighted by Crippen LogP contribution is -2.38. The normalized spacial score (nSPS) is 15.3. The van der Waals surface area contributed by atoms with E-state index in [1.54, 1.807) is 24.3 Å². The van der Waals surface area contributed by atoms with Gasteiger partial charge in [0.2, 0.25) is 11.9 Å². The minimum atomic E-state index is -0.368. The number of morpholine rings is 1. The number of rotatable bonds is 7. The van der Waals surface area contributed by atoms with E-state index in [9.17, 15) is 9.59 Å². The van der Waals surface area contributed by atoms with E-state index in [1.807, 2.05) is 18.4 Å².